The third-order valence-electron chi connectivity index (χ3n) is 2.66. The molecule has 0 amide bonds. The number of carbonyl (C=O) groups excluding carboxylic acids is 1. The summed E-state index contributed by atoms with van der Waals surface area (Å²) in [5, 5.41) is 20.3. The molecule has 0 bridgehead atoms. The fraction of sp³-hybridized carbons (Fsp3) is 0.250. The summed E-state index contributed by atoms with van der Waals surface area (Å²) in [4.78, 5) is 14.1. The van der Waals surface area contributed by atoms with E-state index in [1.807, 2.05) is 6.07 Å². The predicted octanol–water partition coefficient (Wildman–Crippen LogP) is 0.735. The SMILES string of the molecule is COC(=O)C(O)C(O)c1ccc2cc[nH]c2c1. The summed E-state index contributed by atoms with van der Waals surface area (Å²) in [6, 6.07) is 7.04. The van der Waals surface area contributed by atoms with Crippen LogP contribution >= 0.6 is 0 Å². The van der Waals surface area contributed by atoms with E-state index in [-0.39, 0.29) is 0 Å². The number of aromatic amines is 1. The maximum atomic E-state index is 11.1. The fourth-order valence-corrected chi connectivity index (χ4v) is 1.68. The molecule has 0 fully saturated rings. The van der Waals surface area contributed by atoms with Crippen LogP contribution in [0.15, 0.2) is 30.5 Å². The van der Waals surface area contributed by atoms with E-state index in [9.17, 15) is 15.0 Å². The van der Waals surface area contributed by atoms with Crippen LogP contribution in [0.5, 0.6) is 0 Å². The Kier molecular flexibility index (Phi) is 3.12. The summed E-state index contributed by atoms with van der Waals surface area (Å²) in [6.07, 6.45) is -1.10. The van der Waals surface area contributed by atoms with E-state index in [2.05, 4.69) is 9.72 Å². The monoisotopic (exact) mass is 235 g/mol. The highest BCUT2D eigenvalue weighted by molar-refractivity contribution is 5.80. The molecule has 2 unspecified atom stereocenters. The third kappa shape index (κ3) is 2.15. The molecular weight excluding hydrogens is 222 g/mol. The summed E-state index contributed by atoms with van der Waals surface area (Å²) in [6.45, 7) is 0. The van der Waals surface area contributed by atoms with Crippen molar-refractivity contribution in [2.75, 3.05) is 7.11 Å². The average Bonchev–Trinajstić information content (AvgIpc) is 2.83. The van der Waals surface area contributed by atoms with Crippen LogP contribution < -0.4 is 0 Å². The first-order valence-corrected chi connectivity index (χ1v) is 5.14. The van der Waals surface area contributed by atoms with Gasteiger partial charge in [-0.1, -0.05) is 12.1 Å². The summed E-state index contributed by atoms with van der Waals surface area (Å²) < 4.78 is 4.37. The van der Waals surface area contributed by atoms with Crippen LogP contribution in [0, 0.1) is 0 Å². The minimum atomic E-state index is -1.58. The number of rotatable bonds is 3. The Morgan fingerprint density at radius 1 is 1.35 bits per heavy atom. The first-order valence-electron chi connectivity index (χ1n) is 5.14. The van der Waals surface area contributed by atoms with Gasteiger partial charge in [0.2, 0.25) is 0 Å². The number of aromatic nitrogens is 1. The van der Waals surface area contributed by atoms with Crippen molar-refractivity contribution in [1.82, 2.24) is 4.98 Å². The van der Waals surface area contributed by atoms with E-state index >= 15 is 0 Å². The standard InChI is InChI=1S/C12H13NO4/c1-17-12(16)11(15)10(14)8-3-2-7-4-5-13-9(7)6-8/h2-6,10-11,13-15H,1H3. The molecular formula is C12H13NO4. The van der Waals surface area contributed by atoms with Gasteiger partial charge in [-0.2, -0.15) is 0 Å². The Bertz CT molecular complexity index is 534. The number of carbonyl (C=O) groups is 1. The number of methoxy groups -OCH3 is 1. The number of aliphatic hydroxyl groups is 2. The van der Waals surface area contributed by atoms with Crippen molar-refractivity contribution in [3.05, 3.63) is 36.0 Å². The fourth-order valence-electron chi connectivity index (χ4n) is 1.68. The maximum Gasteiger partial charge on any atom is 0.337 e. The number of nitrogens with one attached hydrogen (secondary N) is 1. The van der Waals surface area contributed by atoms with Crippen LogP contribution in [-0.2, 0) is 9.53 Å². The predicted molar refractivity (Wildman–Crippen MR) is 61.3 cm³/mol. The summed E-state index contributed by atoms with van der Waals surface area (Å²) in [5.74, 6) is -0.857. The first-order chi connectivity index (χ1) is 8.13. The molecule has 0 aliphatic carbocycles. The number of H-pyrrole nitrogens is 1. The topological polar surface area (TPSA) is 82.6 Å². The molecule has 0 saturated carbocycles. The van der Waals surface area contributed by atoms with Gasteiger partial charge in [-0.3, -0.25) is 0 Å². The minimum absolute atomic E-state index is 0.456. The van der Waals surface area contributed by atoms with Crippen molar-refractivity contribution in [1.29, 1.82) is 0 Å². The number of esters is 1. The number of aliphatic hydroxyl groups excluding tert-OH is 2. The minimum Gasteiger partial charge on any atom is -0.467 e. The van der Waals surface area contributed by atoms with Gasteiger partial charge in [0.05, 0.1) is 7.11 Å². The van der Waals surface area contributed by atoms with Crippen LogP contribution in [0.25, 0.3) is 10.9 Å². The lowest BCUT2D eigenvalue weighted by atomic mass is 10.0. The van der Waals surface area contributed by atoms with Crippen molar-refractivity contribution in [3.63, 3.8) is 0 Å². The van der Waals surface area contributed by atoms with Crippen molar-refractivity contribution in [2.45, 2.75) is 12.2 Å². The molecule has 2 atom stereocenters. The lowest BCUT2D eigenvalue weighted by molar-refractivity contribution is -0.156. The Balaban J connectivity index is 2.29. The highest BCUT2D eigenvalue weighted by Gasteiger charge is 2.26. The van der Waals surface area contributed by atoms with Gasteiger partial charge in [-0.05, 0) is 23.1 Å². The molecule has 0 aliphatic heterocycles. The smallest absolute Gasteiger partial charge is 0.337 e. The Hall–Kier alpha value is -1.85. The van der Waals surface area contributed by atoms with Gasteiger partial charge >= 0.3 is 5.97 Å². The van der Waals surface area contributed by atoms with Crippen LogP contribution in [0.4, 0.5) is 0 Å². The molecule has 5 nitrogen and oxygen atoms in total. The second-order valence-corrected chi connectivity index (χ2v) is 3.74. The molecule has 2 aromatic rings. The van der Waals surface area contributed by atoms with Crippen molar-refractivity contribution >= 4 is 16.9 Å². The molecule has 1 aromatic carbocycles. The van der Waals surface area contributed by atoms with E-state index in [1.165, 1.54) is 0 Å². The van der Waals surface area contributed by atoms with Crippen LogP contribution in [-0.4, -0.2) is 34.4 Å². The average molecular weight is 235 g/mol. The zero-order chi connectivity index (χ0) is 12.4. The number of ether oxygens (including phenoxy) is 1. The van der Waals surface area contributed by atoms with Crippen LogP contribution in [0.2, 0.25) is 0 Å². The molecule has 1 heterocycles. The highest BCUT2D eigenvalue weighted by Crippen LogP contribution is 2.22. The van der Waals surface area contributed by atoms with Gasteiger partial charge in [0.15, 0.2) is 6.10 Å². The molecule has 90 valence electrons. The van der Waals surface area contributed by atoms with Crippen molar-refractivity contribution < 1.29 is 19.7 Å². The summed E-state index contributed by atoms with van der Waals surface area (Å²) in [7, 11) is 1.16. The quantitative estimate of drug-likeness (QED) is 0.685. The lowest BCUT2D eigenvalue weighted by Crippen LogP contribution is -2.28. The van der Waals surface area contributed by atoms with E-state index < -0.39 is 18.2 Å². The Labute approximate surface area is 97.6 Å². The maximum absolute atomic E-state index is 11.1. The van der Waals surface area contributed by atoms with E-state index in [0.717, 1.165) is 18.0 Å². The van der Waals surface area contributed by atoms with Gasteiger partial charge in [0.1, 0.15) is 6.10 Å². The molecule has 1 aromatic heterocycles. The number of benzene rings is 1. The molecule has 3 N–H and O–H groups in total. The summed E-state index contributed by atoms with van der Waals surface area (Å²) >= 11 is 0. The van der Waals surface area contributed by atoms with Gasteiger partial charge in [-0.25, -0.2) is 4.79 Å². The second-order valence-electron chi connectivity index (χ2n) is 3.74. The molecule has 17 heavy (non-hydrogen) atoms. The highest BCUT2D eigenvalue weighted by atomic mass is 16.5. The molecule has 0 saturated heterocycles. The van der Waals surface area contributed by atoms with Gasteiger partial charge in [0, 0.05) is 11.7 Å². The number of hydrogen-bond acceptors (Lipinski definition) is 4. The van der Waals surface area contributed by atoms with Gasteiger partial charge in [-0.15, -0.1) is 0 Å². The Morgan fingerprint density at radius 3 is 2.82 bits per heavy atom. The van der Waals surface area contributed by atoms with Gasteiger partial charge < -0.3 is 19.9 Å². The van der Waals surface area contributed by atoms with Crippen LogP contribution in [0.3, 0.4) is 0 Å². The molecule has 0 spiro atoms. The van der Waals surface area contributed by atoms with E-state index in [4.69, 9.17) is 0 Å². The van der Waals surface area contributed by atoms with Crippen molar-refractivity contribution in [3.8, 4) is 0 Å². The molecule has 0 aliphatic rings. The third-order valence-corrected chi connectivity index (χ3v) is 2.66. The number of fused-ring (bicyclic) bond motifs is 1. The van der Waals surface area contributed by atoms with E-state index in [0.29, 0.717) is 5.56 Å². The Morgan fingerprint density at radius 2 is 2.12 bits per heavy atom. The lowest BCUT2D eigenvalue weighted by Gasteiger charge is -2.15. The second kappa shape index (κ2) is 4.57. The molecule has 2 rings (SSSR count). The van der Waals surface area contributed by atoms with Crippen LogP contribution in [0.1, 0.15) is 11.7 Å². The molecule has 0 radical (unpaired) electrons. The zero-order valence-electron chi connectivity index (χ0n) is 9.25. The van der Waals surface area contributed by atoms with Crippen molar-refractivity contribution in [2.24, 2.45) is 0 Å². The normalized spacial score (nSPS) is 14.5. The summed E-state index contributed by atoms with van der Waals surface area (Å²) in [5.41, 5.74) is 1.29. The molecule has 5 heteroatoms. The van der Waals surface area contributed by atoms with Gasteiger partial charge in [0.25, 0.3) is 0 Å². The number of hydrogen-bond donors (Lipinski definition) is 3. The zero-order valence-corrected chi connectivity index (χ0v) is 9.25. The largest absolute Gasteiger partial charge is 0.467 e. The first kappa shape index (κ1) is 11.6. The van der Waals surface area contributed by atoms with E-state index in [1.54, 1.807) is 24.4 Å².